The highest BCUT2D eigenvalue weighted by atomic mass is 16.5. The zero-order valence-corrected chi connectivity index (χ0v) is 14.5. The molecule has 0 amide bonds. The van der Waals surface area contributed by atoms with Crippen molar-refractivity contribution in [3.8, 4) is 0 Å². The summed E-state index contributed by atoms with van der Waals surface area (Å²) in [5.74, 6) is 1.21. The normalized spacial score (nSPS) is 12.9. The Labute approximate surface area is 129 Å². The van der Waals surface area contributed by atoms with E-state index in [2.05, 4.69) is 39.9 Å². The van der Waals surface area contributed by atoms with Gasteiger partial charge in [0.2, 0.25) is 0 Å². The first-order chi connectivity index (χ1) is 10.0. The average Bonchev–Trinajstić information content (AvgIpc) is 2.42. The SMILES string of the molecule is CCNCCCc1c(C)nc(C(OCC)C(C)C)nc1C. The average molecular weight is 293 g/mol. The molecule has 0 aliphatic carbocycles. The maximum atomic E-state index is 5.82. The minimum absolute atomic E-state index is 0.0109. The molecule has 1 unspecified atom stereocenters. The minimum Gasteiger partial charge on any atom is -0.370 e. The third kappa shape index (κ3) is 5.36. The van der Waals surface area contributed by atoms with Gasteiger partial charge < -0.3 is 10.1 Å². The molecule has 1 atom stereocenters. The second-order valence-electron chi connectivity index (χ2n) is 5.81. The Hall–Kier alpha value is -1.00. The summed E-state index contributed by atoms with van der Waals surface area (Å²) in [6, 6.07) is 0. The molecule has 120 valence electrons. The Kier molecular flexibility index (Phi) is 7.83. The number of nitrogens with zero attached hydrogens (tertiary/aromatic N) is 2. The van der Waals surface area contributed by atoms with Crippen LogP contribution in [0.5, 0.6) is 0 Å². The van der Waals surface area contributed by atoms with Gasteiger partial charge in [-0.1, -0.05) is 20.8 Å². The van der Waals surface area contributed by atoms with Gasteiger partial charge in [0.15, 0.2) is 5.82 Å². The number of nitrogens with one attached hydrogen (secondary N) is 1. The highest BCUT2D eigenvalue weighted by molar-refractivity contribution is 5.25. The minimum atomic E-state index is -0.0109. The summed E-state index contributed by atoms with van der Waals surface area (Å²) < 4.78 is 5.82. The number of ether oxygens (including phenoxy) is 1. The van der Waals surface area contributed by atoms with Crippen LogP contribution in [-0.4, -0.2) is 29.7 Å². The number of rotatable bonds is 9. The Morgan fingerprint density at radius 2 is 1.71 bits per heavy atom. The van der Waals surface area contributed by atoms with Gasteiger partial charge in [0.05, 0.1) is 0 Å². The van der Waals surface area contributed by atoms with Crippen LogP contribution in [-0.2, 0) is 11.2 Å². The van der Waals surface area contributed by atoms with Gasteiger partial charge in [-0.25, -0.2) is 9.97 Å². The molecule has 1 aromatic heterocycles. The summed E-state index contributed by atoms with van der Waals surface area (Å²) in [5.41, 5.74) is 3.48. The van der Waals surface area contributed by atoms with Gasteiger partial charge in [-0.05, 0) is 58.2 Å². The molecule has 21 heavy (non-hydrogen) atoms. The highest BCUT2D eigenvalue weighted by Crippen LogP contribution is 2.24. The summed E-state index contributed by atoms with van der Waals surface area (Å²) in [6.45, 7) is 15.4. The van der Waals surface area contributed by atoms with Gasteiger partial charge >= 0.3 is 0 Å². The third-order valence-electron chi connectivity index (χ3n) is 3.67. The summed E-state index contributed by atoms with van der Waals surface area (Å²) in [5, 5.41) is 3.36. The Bertz CT molecular complexity index is 409. The summed E-state index contributed by atoms with van der Waals surface area (Å²) in [4.78, 5) is 9.43. The molecule has 1 heterocycles. The fraction of sp³-hybridized carbons (Fsp3) is 0.765. The van der Waals surface area contributed by atoms with E-state index < -0.39 is 0 Å². The van der Waals surface area contributed by atoms with E-state index in [1.807, 2.05) is 6.92 Å². The van der Waals surface area contributed by atoms with Crippen molar-refractivity contribution in [2.24, 2.45) is 5.92 Å². The van der Waals surface area contributed by atoms with Crippen LogP contribution in [0.1, 0.15) is 63.0 Å². The molecule has 0 bridgehead atoms. The van der Waals surface area contributed by atoms with E-state index in [0.717, 1.165) is 43.1 Å². The van der Waals surface area contributed by atoms with Crippen molar-refractivity contribution in [3.63, 3.8) is 0 Å². The summed E-state index contributed by atoms with van der Waals surface area (Å²) in [7, 11) is 0. The predicted octanol–water partition coefficient (Wildman–Crippen LogP) is 3.37. The lowest BCUT2D eigenvalue weighted by Gasteiger charge is -2.21. The number of aromatic nitrogens is 2. The van der Waals surface area contributed by atoms with Crippen LogP contribution in [0.15, 0.2) is 0 Å². The van der Waals surface area contributed by atoms with E-state index in [-0.39, 0.29) is 6.10 Å². The molecule has 1 aromatic rings. The van der Waals surface area contributed by atoms with Crippen LogP contribution in [0.4, 0.5) is 0 Å². The topological polar surface area (TPSA) is 47.0 Å². The number of hydrogen-bond acceptors (Lipinski definition) is 4. The van der Waals surface area contributed by atoms with E-state index in [1.54, 1.807) is 0 Å². The van der Waals surface area contributed by atoms with Crippen LogP contribution >= 0.6 is 0 Å². The van der Waals surface area contributed by atoms with Gasteiger partial charge in [0.25, 0.3) is 0 Å². The largest absolute Gasteiger partial charge is 0.370 e. The monoisotopic (exact) mass is 293 g/mol. The molecule has 4 nitrogen and oxygen atoms in total. The van der Waals surface area contributed by atoms with Gasteiger partial charge in [0, 0.05) is 18.0 Å². The van der Waals surface area contributed by atoms with E-state index in [4.69, 9.17) is 14.7 Å². The first-order valence-corrected chi connectivity index (χ1v) is 8.17. The van der Waals surface area contributed by atoms with Crippen LogP contribution < -0.4 is 5.32 Å². The van der Waals surface area contributed by atoms with Gasteiger partial charge in [0.1, 0.15) is 6.10 Å². The van der Waals surface area contributed by atoms with Crippen molar-refractivity contribution in [3.05, 3.63) is 22.8 Å². The van der Waals surface area contributed by atoms with Crippen LogP contribution in [0.3, 0.4) is 0 Å². The fourth-order valence-electron chi connectivity index (χ4n) is 2.57. The molecule has 0 saturated heterocycles. The second-order valence-corrected chi connectivity index (χ2v) is 5.81. The number of aryl methyl sites for hydroxylation is 2. The summed E-state index contributed by atoms with van der Waals surface area (Å²) >= 11 is 0. The molecule has 4 heteroatoms. The standard InChI is InChI=1S/C17H31N3O/c1-7-18-11-9-10-15-13(5)19-17(20-14(15)6)16(12(3)4)21-8-2/h12,16,18H,7-11H2,1-6H3. The van der Waals surface area contributed by atoms with Crippen molar-refractivity contribution >= 4 is 0 Å². The lowest BCUT2D eigenvalue weighted by atomic mass is 10.0. The highest BCUT2D eigenvalue weighted by Gasteiger charge is 2.21. The predicted molar refractivity (Wildman–Crippen MR) is 87.6 cm³/mol. The van der Waals surface area contributed by atoms with Gasteiger partial charge in [-0.2, -0.15) is 0 Å². The Morgan fingerprint density at radius 3 is 2.19 bits per heavy atom. The molecule has 1 rings (SSSR count). The fourth-order valence-corrected chi connectivity index (χ4v) is 2.57. The van der Waals surface area contributed by atoms with E-state index in [9.17, 15) is 0 Å². The maximum Gasteiger partial charge on any atom is 0.157 e. The molecular formula is C17H31N3O. The van der Waals surface area contributed by atoms with Crippen LogP contribution in [0, 0.1) is 19.8 Å². The van der Waals surface area contributed by atoms with E-state index >= 15 is 0 Å². The Balaban J connectivity index is 2.87. The first-order valence-electron chi connectivity index (χ1n) is 8.17. The molecule has 0 radical (unpaired) electrons. The molecule has 0 aliphatic rings. The number of hydrogen-bond donors (Lipinski definition) is 1. The summed E-state index contributed by atoms with van der Waals surface area (Å²) in [6.07, 6.45) is 2.15. The van der Waals surface area contributed by atoms with Crippen molar-refractivity contribution in [2.75, 3.05) is 19.7 Å². The quantitative estimate of drug-likeness (QED) is 0.709. The van der Waals surface area contributed by atoms with Crippen molar-refractivity contribution in [2.45, 2.75) is 60.5 Å². The molecule has 1 N–H and O–H groups in total. The molecule has 0 aromatic carbocycles. The van der Waals surface area contributed by atoms with Crippen LogP contribution in [0.2, 0.25) is 0 Å². The third-order valence-corrected chi connectivity index (χ3v) is 3.67. The lowest BCUT2D eigenvalue weighted by molar-refractivity contribution is 0.0229. The van der Waals surface area contributed by atoms with Crippen molar-refractivity contribution < 1.29 is 4.74 Å². The second kappa shape index (κ2) is 9.11. The molecule has 0 aliphatic heterocycles. The van der Waals surface area contributed by atoms with Gasteiger partial charge in [-0.3, -0.25) is 0 Å². The van der Waals surface area contributed by atoms with E-state index in [0.29, 0.717) is 12.5 Å². The van der Waals surface area contributed by atoms with Crippen molar-refractivity contribution in [1.82, 2.24) is 15.3 Å². The van der Waals surface area contributed by atoms with Crippen LogP contribution in [0.25, 0.3) is 0 Å². The zero-order valence-electron chi connectivity index (χ0n) is 14.5. The lowest BCUT2D eigenvalue weighted by Crippen LogP contribution is -2.18. The smallest absolute Gasteiger partial charge is 0.157 e. The van der Waals surface area contributed by atoms with Gasteiger partial charge in [-0.15, -0.1) is 0 Å². The van der Waals surface area contributed by atoms with Crippen molar-refractivity contribution in [1.29, 1.82) is 0 Å². The molecular weight excluding hydrogens is 262 g/mol. The first kappa shape index (κ1) is 18.1. The molecule has 0 saturated carbocycles. The molecule has 0 spiro atoms. The maximum absolute atomic E-state index is 5.82. The van der Waals surface area contributed by atoms with E-state index in [1.165, 1.54) is 5.56 Å². The zero-order chi connectivity index (χ0) is 15.8. The molecule has 0 fully saturated rings. The Morgan fingerprint density at radius 1 is 1.10 bits per heavy atom.